The number of rotatable bonds is 6. The van der Waals surface area contributed by atoms with Gasteiger partial charge in [0.1, 0.15) is 5.76 Å². The Labute approximate surface area is 179 Å². The van der Waals surface area contributed by atoms with Gasteiger partial charge >= 0.3 is 0 Å². The quantitative estimate of drug-likeness (QED) is 0.409. The van der Waals surface area contributed by atoms with E-state index in [1.165, 1.54) is 24.1 Å². The molecular weight excluding hydrogens is 413 g/mol. The molecule has 2 aromatic carbocycles. The summed E-state index contributed by atoms with van der Waals surface area (Å²) in [6.45, 7) is 2.53. The van der Waals surface area contributed by atoms with E-state index in [2.05, 4.69) is 0 Å². The van der Waals surface area contributed by atoms with Crippen LogP contribution >= 0.6 is 23.2 Å². The fourth-order valence-corrected chi connectivity index (χ4v) is 3.68. The smallest absolute Gasteiger partial charge is 0.295 e. The van der Waals surface area contributed by atoms with E-state index in [9.17, 15) is 14.7 Å². The molecule has 152 valence electrons. The number of aryl methyl sites for hydroxylation is 1. The second kappa shape index (κ2) is 8.99. The Morgan fingerprint density at radius 3 is 2.38 bits per heavy atom. The van der Waals surface area contributed by atoms with Gasteiger partial charge in [-0.3, -0.25) is 9.59 Å². The zero-order valence-electron chi connectivity index (χ0n) is 16.1. The van der Waals surface area contributed by atoms with Crippen LogP contribution in [0.5, 0.6) is 0 Å². The Bertz CT molecular complexity index is 969. The molecule has 1 aliphatic heterocycles. The van der Waals surface area contributed by atoms with E-state index >= 15 is 0 Å². The highest BCUT2D eigenvalue weighted by Gasteiger charge is 2.45. The highest BCUT2D eigenvalue weighted by Crippen LogP contribution is 2.40. The van der Waals surface area contributed by atoms with Crippen LogP contribution in [-0.2, 0) is 20.7 Å². The van der Waals surface area contributed by atoms with Gasteiger partial charge in [-0.25, -0.2) is 0 Å². The molecule has 3 rings (SSSR count). The van der Waals surface area contributed by atoms with E-state index in [1.807, 2.05) is 31.2 Å². The fourth-order valence-electron chi connectivity index (χ4n) is 3.38. The second-order valence-electron chi connectivity index (χ2n) is 6.71. The summed E-state index contributed by atoms with van der Waals surface area (Å²) in [7, 11) is 1.53. The van der Waals surface area contributed by atoms with Crippen molar-refractivity contribution in [1.29, 1.82) is 0 Å². The maximum atomic E-state index is 12.8. The van der Waals surface area contributed by atoms with Crippen LogP contribution in [-0.4, -0.2) is 42.0 Å². The molecular formula is C22H21Cl2NO4. The van der Waals surface area contributed by atoms with Gasteiger partial charge in [-0.15, -0.1) is 0 Å². The summed E-state index contributed by atoms with van der Waals surface area (Å²) >= 11 is 12.0. The summed E-state index contributed by atoms with van der Waals surface area (Å²) in [5, 5.41) is 11.5. The van der Waals surface area contributed by atoms with E-state index in [1.54, 1.807) is 6.07 Å². The first-order valence-electron chi connectivity index (χ1n) is 9.20. The molecule has 0 spiro atoms. The van der Waals surface area contributed by atoms with Gasteiger partial charge in [0.2, 0.25) is 0 Å². The maximum absolute atomic E-state index is 12.8. The van der Waals surface area contributed by atoms with Gasteiger partial charge in [0.15, 0.2) is 0 Å². The normalized spacial score (nSPS) is 18.5. The van der Waals surface area contributed by atoms with E-state index in [4.69, 9.17) is 27.9 Å². The second-order valence-corrected chi connectivity index (χ2v) is 7.52. The molecule has 0 radical (unpaired) electrons. The minimum Gasteiger partial charge on any atom is -0.507 e. The number of ketones is 1. The summed E-state index contributed by atoms with van der Waals surface area (Å²) in [4.78, 5) is 27.0. The first-order chi connectivity index (χ1) is 13.9. The lowest BCUT2D eigenvalue weighted by atomic mass is 9.94. The van der Waals surface area contributed by atoms with Gasteiger partial charge < -0.3 is 14.7 Å². The number of aliphatic hydroxyl groups is 1. The highest BCUT2D eigenvalue weighted by molar-refractivity contribution is 6.46. The summed E-state index contributed by atoms with van der Waals surface area (Å²) in [6.07, 6.45) is 0.868. The van der Waals surface area contributed by atoms with Crippen molar-refractivity contribution >= 4 is 40.7 Å². The first-order valence-corrected chi connectivity index (χ1v) is 9.96. The number of hydrogen-bond donors (Lipinski definition) is 1. The predicted molar refractivity (Wildman–Crippen MR) is 113 cm³/mol. The molecule has 1 aliphatic rings. The lowest BCUT2D eigenvalue weighted by Gasteiger charge is -2.25. The van der Waals surface area contributed by atoms with Gasteiger partial charge in [0.05, 0.1) is 28.3 Å². The number of benzene rings is 2. The largest absolute Gasteiger partial charge is 0.507 e. The average Bonchev–Trinajstić information content (AvgIpc) is 2.98. The fraction of sp³-hybridized carbons (Fsp3) is 0.273. The van der Waals surface area contributed by atoms with Crippen molar-refractivity contribution in [2.24, 2.45) is 0 Å². The lowest BCUT2D eigenvalue weighted by Crippen LogP contribution is -2.32. The van der Waals surface area contributed by atoms with Crippen LogP contribution in [0.25, 0.3) is 5.76 Å². The van der Waals surface area contributed by atoms with E-state index in [0.29, 0.717) is 10.6 Å². The maximum Gasteiger partial charge on any atom is 0.295 e. The van der Waals surface area contributed by atoms with Crippen LogP contribution in [0.15, 0.2) is 48.0 Å². The third-order valence-electron chi connectivity index (χ3n) is 4.97. The van der Waals surface area contributed by atoms with Crippen molar-refractivity contribution in [3.8, 4) is 0 Å². The van der Waals surface area contributed by atoms with Crippen LogP contribution in [0.1, 0.15) is 29.7 Å². The zero-order valence-corrected chi connectivity index (χ0v) is 17.6. The number of carbonyl (C=O) groups is 2. The Morgan fingerprint density at radius 2 is 1.79 bits per heavy atom. The summed E-state index contributed by atoms with van der Waals surface area (Å²) < 4.78 is 5.10. The molecule has 0 aliphatic carbocycles. The van der Waals surface area contributed by atoms with Gasteiger partial charge in [-0.05, 0) is 35.7 Å². The molecule has 1 N–H and O–H groups in total. The van der Waals surface area contributed by atoms with Crippen LogP contribution in [0.2, 0.25) is 10.0 Å². The number of aliphatic hydroxyl groups excluding tert-OH is 1. The molecule has 0 aromatic heterocycles. The molecule has 1 heterocycles. The Balaban J connectivity index is 2.15. The average molecular weight is 434 g/mol. The molecule has 1 unspecified atom stereocenters. The number of nitrogens with zero attached hydrogens (tertiary/aromatic N) is 1. The van der Waals surface area contributed by atoms with Gasteiger partial charge in [-0.2, -0.15) is 0 Å². The highest BCUT2D eigenvalue weighted by atomic mass is 35.5. The number of halogens is 2. The number of carbonyl (C=O) groups excluding carboxylic acids is 2. The minimum atomic E-state index is -0.741. The minimum absolute atomic E-state index is 0.0220. The van der Waals surface area contributed by atoms with Crippen molar-refractivity contribution in [2.75, 3.05) is 20.3 Å². The Hall–Kier alpha value is -2.34. The first kappa shape index (κ1) is 21.4. The van der Waals surface area contributed by atoms with Crippen LogP contribution in [0.4, 0.5) is 0 Å². The third kappa shape index (κ3) is 4.17. The monoisotopic (exact) mass is 433 g/mol. The van der Waals surface area contributed by atoms with Crippen LogP contribution in [0.3, 0.4) is 0 Å². The van der Waals surface area contributed by atoms with Crippen molar-refractivity contribution in [2.45, 2.75) is 19.4 Å². The molecule has 1 amide bonds. The zero-order chi connectivity index (χ0) is 21.1. The summed E-state index contributed by atoms with van der Waals surface area (Å²) in [6, 6.07) is 11.5. The van der Waals surface area contributed by atoms with Gasteiger partial charge in [-0.1, -0.05) is 54.4 Å². The van der Waals surface area contributed by atoms with Gasteiger partial charge in [0.25, 0.3) is 11.7 Å². The number of hydrogen-bond acceptors (Lipinski definition) is 4. The standard InChI is InChI=1S/C22H21Cl2NO4/c1-3-13-4-6-14(7-5-13)19-18(21(27)22(28)25(19)10-11-29-2)20(26)15-8-9-16(23)17(24)12-15/h4-9,12,19,26H,3,10-11H2,1-2H3/b20-18-. The van der Waals surface area contributed by atoms with Crippen molar-refractivity contribution < 1.29 is 19.4 Å². The van der Waals surface area contributed by atoms with E-state index < -0.39 is 17.7 Å². The summed E-state index contributed by atoms with van der Waals surface area (Å²) in [5.74, 6) is -1.70. The number of likely N-dealkylation sites (tertiary alicyclic amines) is 1. The van der Waals surface area contributed by atoms with Crippen molar-refractivity contribution in [1.82, 2.24) is 4.90 Å². The molecule has 1 saturated heterocycles. The Kier molecular flexibility index (Phi) is 6.63. The third-order valence-corrected chi connectivity index (χ3v) is 5.71. The number of ether oxygens (including phenoxy) is 1. The lowest BCUT2D eigenvalue weighted by molar-refractivity contribution is -0.140. The molecule has 1 atom stereocenters. The number of amides is 1. The molecule has 5 nitrogen and oxygen atoms in total. The van der Waals surface area contributed by atoms with Crippen LogP contribution in [0, 0.1) is 0 Å². The number of Topliss-reactive ketones (excluding diaryl/α,β-unsaturated/α-hetero) is 1. The van der Waals surface area contributed by atoms with E-state index in [0.717, 1.165) is 17.5 Å². The van der Waals surface area contributed by atoms with Crippen molar-refractivity contribution in [3.63, 3.8) is 0 Å². The number of methoxy groups -OCH3 is 1. The Morgan fingerprint density at radius 1 is 1.10 bits per heavy atom. The van der Waals surface area contributed by atoms with Crippen LogP contribution < -0.4 is 0 Å². The van der Waals surface area contributed by atoms with Crippen molar-refractivity contribution in [3.05, 3.63) is 74.8 Å². The summed E-state index contributed by atoms with van der Waals surface area (Å²) in [5.41, 5.74) is 2.21. The predicted octanol–water partition coefficient (Wildman–Crippen LogP) is 4.62. The topological polar surface area (TPSA) is 66.8 Å². The molecule has 29 heavy (non-hydrogen) atoms. The molecule has 2 aromatic rings. The molecule has 7 heteroatoms. The molecule has 0 saturated carbocycles. The molecule has 0 bridgehead atoms. The van der Waals surface area contributed by atoms with Gasteiger partial charge in [0, 0.05) is 19.2 Å². The molecule has 1 fully saturated rings. The SMILES string of the molecule is CCc1ccc(C2/C(=C(/O)c3ccc(Cl)c(Cl)c3)C(=O)C(=O)N2CCOC)cc1. The van der Waals surface area contributed by atoms with E-state index in [-0.39, 0.29) is 29.5 Å².